The molecule has 2 fully saturated rings. The van der Waals surface area contributed by atoms with Gasteiger partial charge in [-0.05, 0) is 68.4 Å². The first kappa shape index (κ1) is 19.5. The Bertz CT molecular complexity index is 727. The number of hydrogen-bond donors (Lipinski definition) is 0. The Balaban J connectivity index is 1.78. The molecule has 2 aromatic rings. The van der Waals surface area contributed by atoms with Crippen LogP contribution in [0.1, 0.15) is 64.2 Å². The molecule has 2 nitrogen and oxygen atoms in total. The first-order chi connectivity index (χ1) is 13.3. The molecular formula is C23H33NOP2. The van der Waals surface area contributed by atoms with Gasteiger partial charge >= 0.3 is 0 Å². The number of benzene rings is 1. The molecule has 1 heterocycles. The molecular weight excluding hydrogens is 368 g/mol. The quantitative estimate of drug-likeness (QED) is 0.581. The van der Waals surface area contributed by atoms with E-state index < -0.39 is 0 Å². The molecule has 2 saturated carbocycles. The number of hydrogen-bond acceptors (Lipinski definition) is 1. The summed E-state index contributed by atoms with van der Waals surface area (Å²) in [5.41, 5.74) is 4.60. The lowest BCUT2D eigenvalue weighted by atomic mass is 9.99. The van der Waals surface area contributed by atoms with Crippen molar-refractivity contribution in [1.29, 1.82) is 0 Å². The average molecular weight is 401 g/mol. The minimum Gasteiger partial charge on any atom is -0.495 e. The minimum absolute atomic E-state index is 0.151. The maximum atomic E-state index is 5.71. The molecule has 0 spiro atoms. The molecule has 0 bridgehead atoms. The molecule has 2 aliphatic rings. The number of methoxy groups -OCH3 is 1. The van der Waals surface area contributed by atoms with Crippen molar-refractivity contribution in [3.8, 4) is 11.4 Å². The summed E-state index contributed by atoms with van der Waals surface area (Å²) in [6.07, 6.45) is 16.6. The van der Waals surface area contributed by atoms with E-state index in [1.165, 1.54) is 75.2 Å². The van der Waals surface area contributed by atoms with Gasteiger partial charge in [-0.15, -0.1) is 9.24 Å². The third kappa shape index (κ3) is 4.13. The fourth-order valence-corrected chi connectivity index (χ4v) is 9.70. The molecule has 0 aliphatic heterocycles. The Morgan fingerprint density at radius 2 is 1.48 bits per heavy atom. The highest BCUT2D eigenvalue weighted by Crippen LogP contribution is 2.55. The van der Waals surface area contributed by atoms with Crippen LogP contribution in [0, 0.1) is 0 Å². The number of ether oxygens (including phenoxy) is 1. The zero-order valence-electron chi connectivity index (χ0n) is 16.6. The predicted molar refractivity (Wildman–Crippen MR) is 122 cm³/mol. The molecule has 0 amide bonds. The third-order valence-corrected chi connectivity index (χ3v) is 10.7. The summed E-state index contributed by atoms with van der Waals surface area (Å²) >= 11 is 0. The Kier molecular flexibility index (Phi) is 6.57. The molecule has 4 rings (SSSR count). The third-order valence-electron chi connectivity index (χ3n) is 6.42. The van der Waals surface area contributed by atoms with Gasteiger partial charge in [0.25, 0.3) is 0 Å². The Hall–Kier alpha value is -0.840. The molecule has 4 heteroatoms. The van der Waals surface area contributed by atoms with Crippen molar-refractivity contribution in [3.05, 3.63) is 36.5 Å². The van der Waals surface area contributed by atoms with Crippen LogP contribution in [-0.2, 0) is 0 Å². The van der Waals surface area contributed by atoms with Crippen molar-refractivity contribution in [2.24, 2.45) is 0 Å². The van der Waals surface area contributed by atoms with Gasteiger partial charge in [-0.1, -0.05) is 50.7 Å². The Morgan fingerprint density at radius 1 is 0.889 bits per heavy atom. The van der Waals surface area contributed by atoms with Crippen molar-refractivity contribution in [2.75, 3.05) is 7.11 Å². The molecule has 1 aromatic carbocycles. The van der Waals surface area contributed by atoms with E-state index in [0.29, 0.717) is 0 Å². The molecule has 146 valence electrons. The second kappa shape index (κ2) is 9.11. The van der Waals surface area contributed by atoms with Crippen molar-refractivity contribution in [2.45, 2.75) is 75.5 Å². The largest absolute Gasteiger partial charge is 0.495 e. The van der Waals surface area contributed by atoms with Gasteiger partial charge in [0.05, 0.1) is 18.2 Å². The SMILES string of the molecule is COc1ccccc1-n1ccc(P)c1P(C1CCCCC1)C1CCCCC1. The first-order valence-corrected chi connectivity index (χ1v) is 12.7. The van der Waals surface area contributed by atoms with Crippen molar-refractivity contribution in [3.63, 3.8) is 0 Å². The van der Waals surface area contributed by atoms with Crippen molar-refractivity contribution >= 4 is 27.9 Å². The van der Waals surface area contributed by atoms with Crippen LogP contribution in [-0.4, -0.2) is 23.0 Å². The highest BCUT2D eigenvalue weighted by atomic mass is 31.1. The van der Waals surface area contributed by atoms with Gasteiger partial charge in [0.1, 0.15) is 5.75 Å². The van der Waals surface area contributed by atoms with Crippen LogP contribution in [0.15, 0.2) is 36.5 Å². The van der Waals surface area contributed by atoms with E-state index in [0.717, 1.165) is 17.1 Å². The highest BCUT2D eigenvalue weighted by Gasteiger charge is 2.35. The van der Waals surface area contributed by atoms with Gasteiger partial charge < -0.3 is 9.30 Å². The molecule has 0 saturated heterocycles. The first-order valence-electron chi connectivity index (χ1n) is 10.7. The van der Waals surface area contributed by atoms with Crippen LogP contribution in [0.25, 0.3) is 5.69 Å². The summed E-state index contributed by atoms with van der Waals surface area (Å²) < 4.78 is 8.18. The van der Waals surface area contributed by atoms with E-state index in [-0.39, 0.29) is 7.92 Å². The van der Waals surface area contributed by atoms with Gasteiger partial charge in [0.2, 0.25) is 0 Å². The van der Waals surface area contributed by atoms with Gasteiger partial charge in [0.15, 0.2) is 0 Å². The normalized spacial score (nSPS) is 19.5. The lowest BCUT2D eigenvalue weighted by Crippen LogP contribution is -2.33. The fraction of sp³-hybridized carbons (Fsp3) is 0.565. The zero-order valence-corrected chi connectivity index (χ0v) is 18.6. The van der Waals surface area contributed by atoms with E-state index in [4.69, 9.17) is 4.74 Å². The smallest absolute Gasteiger partial charge is 0.142 e. The second-order valence-electron chi connectivity index (χ2n) is 8.13. The van der Waals surface area contributed by atoms with Gasteiger partial charge in [0, 0.05) is 6.20 Å². The van der Waals surface area contributed by atoms with E-state index >= 15 is 0 Å². The van der Waals surface area contributed by atoms with Crippen LogP contribution >= 0.6 is 17.2 Å². The summed E-state index contributed by atoms with van der Waals surface area (Å²) in [5, 5.41) is 1.41. The lowest BCUT2D eigenvalue weighted by molar-refractivity contribution is 0.413. The Labute approximate surface area is 168 Å². The van der Waals surface area contributed by atoms with Crippen LogP contribution in [0.3, 0.4) is 0 Å². The summed E-state index contributed by atoms with van der Waals surface area (Å²) in [5.74, 6) is 0.974. The molecule has 2 aliphatic carbocycles. The van der Waals surface area contributed by atoms with Crippen molar-refractivity contribution in [1.82, 2.24) is 4.57 Å². The number of para-hydroxylation sites is 2. The van der Waals surface area contributed by atoms with E-state index in [9.17, 15) is 0 Å². The second-order valence-corrected chi connectivity index (χ2v) is 11.4. The van der Waals surface area contributed by atoms with Crippen LogP contribution in [0.5, 0.6) is 5.75 Å². The molecule has 0 N–H and O–H groups in total. The fourth-order valence-electron chi connectivity index (χ4n) is 5.10. The van der Waals surface area contributed by atoms with Crippen molar-refractivity contribution < 1.29 is 4.74 Å². The highest BCUT2D eigenvalue weighted by molar-refractivity contribution is 7.68. The number of rotatable bonds is 5. The standard InChI is InChI=1S/C23H33NOP2/c1-25-21-15-9-8-14-20(21)24-17-16-22(26)23(24)27(18-10-4-2-5-11-18)19-12-6-3-7-13-19/h8-9,14-19H,2-7,10-13,26H2,1H3. The van der Waals surface area contributed by atoms with Gasteiger partial charge in [-0.25, -0.2) is 0 Å². The molecule has 0 radical (unpaired) electrons. The average Bonchev–Trinajstić information content (AvgIpc) is 3.11. The van der Waals surface area contributed by atoms with Crippen LogP contribution in [0.4, 0.5) is 0 Å². The maximum Gasteiger partial charge on any atom is 0.142 e. The van der Waals surface area contributed by atoms with Crippen LogP contribution in [0.2, 0.25) is 0 Å². The number of aromatic nitrogens is 1. The molecule has 1 aromatic heterocycles. The van der Waals surface area contributed by atoms with E-state index in [2.05, 4.69) is 50.3 Å². The molecule has 27 heavy (non-hydrogen) atoms. The van der Waals surface area contributed by atoms with E-state index in [1.54, 1.807) is 12.5 Å². The Morgan fingerprint density at radius 3 is 2.07 bits per heavy atom. The van der Waals surface area contributed by atoms with Gasteiger partial charge in [-0.3, -0.25) is 0 Å². The molecule has 1 atom stereocenters. The summed E-state index contributed by atoms with van der Waals surface area (Å²) in [7, 11) is 4.69. The maximum absolute atomic E-state index is 5.71. The number of nitrogens with zero attached hydrogens (tertiary/aromatic N) is 1. The topological polar surface area (TPSA) is 14.2 Å². The molecule has 1 unspecified atom stereocenters. The monoisotopic (exact) mass is 401 g/mol. The lowest BCUT2D eigenvalue weighted by Gasteiger charge is -2.39. The predicted octanol–water partition coefficient (Wildman–Crippen LogP) is 5.76. The zero-order chi connectivity index (χ0) is 18.6. The summed E-state index contributed by atoms with van der Waals surface area (Å²) in [6.45, 7) is 0. The minimum atomic E-state index is -0.151. The summed E-state index contributed by atoms with van der Waals surface area (Å²) in [6, 6.07) is 10.8. The van der Waals surface area contributed by atoms with Gasteiger partial charge in [-0.2, -0.15) is 0 Å². The summed E-state index contributed by atoms with van der Waals surface area (Å²) in [4.78, 5) is 0. The van der Waals surface area contributed by atoms with Crippen LogP contribution < -0.4 is 15.5 Å². The van der Waals surface area contributed by atoms with E-state index in [1.807, 2.05) is 0 Å².